The molecule has 0 aliphatic rings. The summed E-state index contributed by atoms with van der Waals surface area (Å²) in [5.74, 6) is -1.00. The fourth-order valence-electron chi connectivity index (χ4n) is 5.70. The summed E-state index contributed by atoms with van der Waals surface area (Å²) in [7, 11) is 0. The first-order chi connectivity index (χ1) is 26.5. The lowest BCUT2D eigenvalue weighted by Crippen LogP contribution is -2.30. The maximum atomic E-state index is 12.6. The molecule has 6 nitrogen and oxygen atoms in total. The fraction of sp³-hybridized carbons (Fsp3) is 0.688. The van der Waals surface area contributed by atoms with E-state index in [-0.39, 0.29) is 37.5 Å². The first kappa shape index (κ1) is 50.9. The molecule has 0 saturated heterocycles. The van der Waals surface area contributed by atoms with E-state index in [4.69, 9.17) is 14.2 Å². The van der Waals surface area contributed by atoms with Crippen LogP contribution in [0.3, 0.4) is 0 Å². The Morgan fingerprint density at radius 2 is 0.722 bits per heavy atom. The molecule has 0 saturated carbocycles. The lowest BCUT2D eigenvalue weighted by Gasteiger charge is -2.18. The zero-order chi connectivity index (χ0) is 39.4. The Morgan fingerprint density at radius 3 is 1.13 bits per heavy atom. The quantitative estimate of drug-likeness (QED) is 0.0270. The molecule has 0 amide bonds. The van der Waals surface area contributed by atoms with Gasteiger partial charge < -0.3 is 14.2 Å². The molecule has 0 aromatic rings. The van der Waals surface area contributed by atoms with Crippen LogP contribution in [0.1, 0.15) is 194 Å². The molecule has 0 aromatic carbocycles. The highest BCUT2D eigenvalue weighted by Crippen LogP contribution is 2.13. The average Bonchev–Trinajstić information content (AvgIpc) is 3.17. The number of ether oxygens (including phenoxy) is 3. The van der Waals surface area contributed by atoms with E-state index >= 15 is 0 Å². The van der Waals surface area contributed by atoms with Crippen molar-refractivity contribution in [3.05, 3.63) is 72.9 Å². The molecule has 0 spiro atoms. The summed E-state index contributed by atoms with van der Waals surface area (Å²) >= 11 is 0. The first-order valence-electron chi connectivity index (χ1n) is 21.9. The van der Waals surface area contributed by atoms with Crippen LogP contribution in [0.5, 0.6) is 0 Å². The van der Waals surface area contributed by atoms with Gasteiger partial charge in [0.15, 0.2) is 6.10 Å². The monoisotopic (exact) mass is 753 g/mol. The SMILES string of the molecule is CC/C=C\C/C=C\C/C=C\C/C=C\C/C=C\C/C=C\CCC(=O)OCC(COC(=O)CCCCCCCC)OC(=O)CCCCCCCCCCCCC. The minimum absolute atomic E-state index is 0.0981. The fourth-order valence-corrected chi connectivity index (χ4v) is 5.70. The summed E-state index contributed by atoms with van der Waals surface area (Å²) in [6.07, 6.45) is 52.0. The summed E-state index contributed by atoms with van der Waals surface area (Å²) in [4.78, 5) is 37.4. The van der Waals surface area contributed by atoms with Crippen molar-refractivity contribution in [1.29, 1.82) is 0 Å². The van der Waals surface area contributed by atoms with Crippen molar-refractivity contribution in [2.24, 2.45) is 0 Å². The first-order valence-corrected chi connectivity index (χ1v) is 21.9. The van der Waals surface area contributed by atoms with Gasteiger partial charge in [-0.05, 0) is 57.8 Å². The van der Waals surface area contributed by atoms with E-state index in [1.165, 1.54) is 70.6 Å². The third kappa shape index (κ3) is 40.0. The van der Waals surface area contributed by atoms with Gasteiger partial charge in [-0.3, -0.25) is 14.4 Å². The van der Waals surface area contributed by atoms with E-state index in [2.05, 4.69) is 81.5 Å². The summed E-state index contributed by atoms with van der Waals surface area (Å²) in [5.41, 5.74) is 0. The molecule has 0 heterocycles. The lowest BCUT2D eigenvalue weighted by molar-refractivity contribution is -0.166. The smallest absolute Gasteiger partial charge is 0.306 e. The molecule has 1 unspecified atom stereocenters. The largest absolute Gasteiger partial charge is 0.462 e. The molecular weight excluding hydrogens is 673 g/mol. The van der Waals surface area contributed by atoms with Gasteiger partial charge in [0.05, 0.1) is 0 Å². The second kappa shape index (κ2) is 42.6. The van der Waals surface area contributed by atoms with Crippen LogP contribution in [0.4, 0.5) is 0 Å². The van der Waals surface area contributed by atoms with Crippen molar-refractivity contribution >= 4 is 17.9 Å². The molecule has 0 N–H and O–H groups in total. The summed E-state index contributed by atoms with van der Waals surface area (Å²) < 4.78 is 16.5. The van der Waals surface area contributed by atoms with Crippen LogP contribution in [-0.2, 0) is 28.6 Å². The molecule has 308 valence electrons. The molecule has 0 radical (unpaired) electrons. The van der Waals surface area contributed by atoms with Gasteiger partial charge in [0.1, 0.15) is 13.2 Å². The Morgan fingerprint density at radius 1 is 0.389 bits per heavy atom. The summed E-state index contributed by atoms with van der Waals surface area (Å²) in [5, 5.41) is 0. The van der Waals surface area contributed by atoms with Gasteiger partial charge in [-0.2, -0.15) is 0 Å². The molecule has 1 atom stereocenters. The average molecular weight is 753 g/mol. The van der Waals surface area contributed by atoms with Crippen molar-refractivity contribution in [2.75, 3.05) is 13.2 Å². The van der Waals surface area contributed by atoms with Crippen LogP contribution in [0, 0.1) is 0 Å². The van der Waals surface area contributed by atoms with Crippen LogP contribution < -0.4 is 0 Å². The van der Waals surface area contributed by atoms with Gasteiger partial charge in [-0.25, -0.2) is 0 Å². The highest BCUT2D eigenvalue weighted by atomic mass is 16.6. The number of hydrogen-bond donors (Lipinski definition) is 0. The van der Waals surface area contributed by atoms with Gasteiger partial charge in [-0.15, -0.1) is 0 Å². The van der Waals surface area contributed by atoms with Crippen molar-refractivity contribution in [2.45, 2.75) is 200 Å². The Balaban J connectivity index is 4.39. The minimum atomic E-state index is -0.798. The van der Waals surface area contributed by atoms with Crippen LogP contribution in [0.2, 0.25) is 0 Å². The number of carbonyl (C=O) groups is 3. The normalized spacial score (nSPS) is 12.7. The molecule has 54 heavy (non-hydrogen) atoms. The molecule has 0 bridgehead atoms. The maximum Gasteiger partial charge on any atom is 0.306 e. The Hall–Kier alpha value is -3.15. The zero-order valence-corrected chi connectivity index (χ0v) is 35.0. The van der Waals surface area contributed by atoms with Crippen molar-refractivity contribution < 1.29 is 28.6 Å². The lowest BCUT2D eigenvalue weighted by atomic mass is 10.1. The Labute approximate surface area is 332 Å². The standard InChI is InChI=1S/C48H80O6/c1-4-7-10-13-16-18-20-21-22-23-24-25-26-27-29-30-32-35-38-41-47(50)53-44-45(43-52-46(49)40-37-34-15-12-9-6-3)54-48(51)42-39-36-33-31-28-19-17-14-11-8-5-2/h7,10,16,18,21-22,24-25,27,29,32,35,45H,4-6,8-9,11-15,17,19-20,23,26,28,30-31,33-34,36-44H2,1-3H3/b10-7-,18-16-,22-21-,25-24-,29-27-,35-32-. The molecule has 0 fully saturated rings. The van der Waals surface area contributed by atoms with Gasteiger partial charge >= 0.3 is 17.9 Å². The van der Waals surface area contributed by atoms with E-state index < -0.39 is 6.10 Å². The van der Waals surface area contributed by atoms with Gasteiger partial charge in [0, 0.05) is 19.3 Å². The molecule has 0 aromatic heterocycles. The Bertz CT molecular complexity index is 1050. The van der Waals surface area contributed by atoms with Crippen molar-refractivity contribution in [1.82, 2.24) is 0 Å². The van der Waals surface area contributed by atoms with Gasteiger partial charge in [0.2, 0.25) is 0 Å². The second-order valence-electron chi connectivity index (χ2n) is 14.2. The molecule has 0 rings (SSSR count). The molecule has 0 aliphatic carbocycles. The molecular formula is C48H80O6. The third-order valence-corrected chi connectivity index (χ3v) is 8.99. The van der Waals surface area contributed by atoms with Crippen LogP contribution >= 0.6 is 0 Å². The highest BCUT2D eigenvalue weighted by molar-refractivity contribution is 5.71. The second-order valence-corrected chi connectivity index (χ2v) is 14.2. The van der Waals surface area contributed by atoms with Crippen LogP contribution in [-0.4, -0.2) is 37.2 Å². The molecule has 6 heteroatoms. The Kier molecular flexibility index (Phi) is 40.1. The summed E-state index contributed by atoms with van der Waals surface area (Å²) in [6.45, 7) is 6.36. The van der Waals surface area contributed by atoms with E-state index in [0.29, 0.717) is 19.3 Å². The number of esters is 3. The van der Waals surface area contributed by atoms with E-state index in [0.717, 1.165) is 77.0 Å². The number of allylic oxidation sites excluding steroid dienone is 12. The topological polar surface area (TPSA) is 78.9 Å². The van der Waals surface area contributed by atoms with E-state index in [1.807, 2.05) is 12.2 Å². The maximum absolute atomic E-state index is 12.6. The van der Waals surface area contributed by atoms with Gasteiger partial charge in [-0.1, -0.05) is 190 Å². The minimum Gasteiger partial charge on any atom is -0.462 e. The third-order valence-electron chi connectivity index (χ3n) is 8.99. The van der Waals surface area contributed by atoms with Crippen molar-refractivity contribution in [3.8, 4) is 0 Å². The van der Waals surface area contributed by atoms with Gasteiger partial charge in [0.25, 0.3) is 0 Å². The van der Waals surface area contributed by atoms with Crippen LogP contribution in [0.15, 0.2) is 72.9 Å². The van der Waals surface area contributed by atoms with E-state index in [1.54, 1.807) is 0 Å². The number of carbonyl (C=O) groups excluding carboxylic acids is 3. The zero-order valence-electron chi connectivity index (χ0n) is 35.0. The predicted molar refractivity (Wildman–Crippen MR) is 228 cm³/mol. The van der Waals surface area contributed by atoms with E-state index in [9.17, 15) is 14.4 Å². The van der Waals surface area contributed by atoms with Crippen molar-refractivity contribution in [3.63, 3.8) is 0 Å². The number of hydrogen-bond acceptors (Lipinski definition) is 6. The predicted octanol–water partition coefficient (Wildman–Crippen LogP) is 13.9. The van der Waals surface area contributed by atoms with Crippen LogP contribution in [0.25, 0.3) is 0 Å². The highest BCUT2D eigenvalue weighted by Gasteiger charge is 2.19. The number of rotatable bonds is 38. The summed E-state index contributed by atoms with van der Waals surface area (Å²) in [6, 6.07) is 0. The molecule has 0 aliphatic heterocycles. The number of unbranched alkanes of at least 4 members (excludes halogenated alkanes) is 15.